The van der Waals surface area contributed by atoms with E-state index < -0.39 is 11.3 Å². The van der Waals surface area contributed by atoms with Crippen LogP contribution in [0.2, 0.25) is 0 Å². The van der Waals surface area contributed by atoms with Gasteiger partial charge in [0.05, 0.1) is 10.9 Å². The fourth-order valence-electron chi connectivity index (χ4n) is 4.68. The van der Waals surface area contributed by atoms with Crippen LogP contribution in [0.5, 0.6) is 0 Å². The number of allylic oxidation sites excluding steroid dienone is 2. The van der Waals surface area contributed by atoms with Crippen molar-refractivity contribution in [3.63, 3.8) is 0 Å². The second-order valence-corrected chi connectivity index (χ2v) is 10.6. The van der Waals surface area contributed by atoms with Gasteiger partial charge in [-0.15, -0.1) is 0 Å². The molecule has 2 unspecified atom stereocenters. The molecule has 1 aromatic heterocycles. The van der Waals surface area contributed by atoms with Crippen LogP contribution in [-0.2, 0) is 9.53 Å². The quantitative estimate of drug-likeness (QED) is 0.359. The molecule has 8 heteroatoms. The van der Waals surface area contributed by atoms with Crippen LogP contribution in [0, 0.1) is 0 Å². The van der Waals surface area contributed by atoms with Crippen molar-refractivity contribution < 1.29 is 18.2 Å². The van der Waals surface area contributed by atoms with Crippen LogP contribution in [0.15, 0.2) is 77.3 Å². The standard InChI is InChI=1S/C29H30FN3O3S/c1-2-26(33-28(34)22-6-7-23-17-31-11-8-20(23)15-22)21-5-3-4-19(14-21)24-16-27(37(30)18-24)29(35)32-25-9-12-36-13-10-25/h3-8,11,14-18,25-26,37H,2,9-10,12-13H2,1H3,(H,32,35)(H,33,34). The summed E-state index contributed by atoms with van der Waals surface area (Å²) in [4.78, 5) is 30.1. The summed E-state index contributed by atoms with van der Waals surface area (Å²) in [7, 11) is 0. The van der Waals surface area contributed by atoms with Gasteiger partial charge < -0.3 is 15.4 Å². The van der Waals surface area contributed by atoms with E-state index >= 15 is 0 Å². The van der Waals surface area contributed by atoms with E-state index in [0.717, 1.165) is 34.7 Å². The SMILES string of the molecule is CCC(NC(=O)c1ccc2cnccc2c1)c1cccc(C2=C[SH](F)C(C(=O)NC3CCOCC3)=C2)c1. The predicted molar refractivity (Wildman–Crippen MR) is 147 cm³/mol. The zero-order valence-corrected chi connectivity index (χ0v) is 21.5. The molecule has 2 N–H and O–H groups in total. The first-order chi connectivity index (χ1) is 18.0. The second-order valence-electron chi connectivity index (χ2n) is 9.28. The van der Waals surface area contributed by atoms with Crippen molar-refractivity contribution in [2.45, 2.75) is 38.3 Å². The highest BCUT2D eigenvalue weighted by Gasteiger charge is 2.26. The Labute approximate surface area is 218 Å². The molecule has 192 valence electrons. The molecular formula is C29H30FN3O3S. The number of aromatic nitrogens is 1. The molecule has 0 saturated carbocycles. The topological polar surface area (TPSA) is 80.3 Å². The van der Waals surface area contributed by atoms with Crippen LogP contribution in [0.25, 0.3) is 16.3 Å². The zero-order chi connectivity index (χ0) is 25.8. The lowest BCUT2D eigenvalue weighted by molar-refractivity contribution is -0.118. The lowest BCUT2D eigenvalue weighted by Crippen LogP contribution is -2.39. The molecular weight excluding hydrogens is 489 g/mol. The first-order valence-electron chi connectivity index (χ1n) is 12.5. The molecule has 3 heterocycles. The number of carbonyl (C=O) groups excluding carboxylic acids is 2. The Kier molecular flexibility index (Phi) is 7.67. The maximum absolute atomic E-state index is 14.9. The normalized spacial score (nSPS) is 19.7. The van der Waals surface area contributed by atoms with Crippen molar-refractivity contribution in [1.82, 2.24) is 15.6 Å². The van der Waals surface area contributed by atoms with Crippen molar-refractivity contribution >= 4 is 39.4 Å². The van der Waals surface area contributed by atoms with Gasteiger partial charge in [0.25, 0.3) is 11.8 Å². The number of benzene rings is 2. The minimum atomic E-state index is -2.16. The van der Waals surface area contributed by atoms with Crippen molar-refractivity contribution in [2.75, 3.05) is 13.2 Å². The molecule has 37 heavy (non-hydrogen) atoms. The summed E-state index contributed by atoms with van der Waals surface area (Å²) in [5.41, 5.74) is 3.02. The largest absolute Gasteiger partial charge is 0.381 e. The minimum absolute atomic E-state index is 0.0196. The monoisotopic (exact) mass is 519 g/mol. The zero-order valence-electron chi connectivity index (χ0n) is 20.6. The second kappa shape index (κ2) is 11.3. The molecule has 2 aliphatic rings. The molecule has 0 aliphatic carbocycles. The molecule has 1 fully saturated rings. The Morgan fingerprint density at radius 1 is 1.11 bits per heavy atom. The molecule has 6 nitrogen and oxygen atoms in total. The summed E-state index contributed by atoms with van der Waals surface area (Å²) in [6, 6.07) is 15.0. The summed E-state index contributed by atoms with van der Waals surface area (Å²) >= 11 is -2.16. The summed E-state index contributed by atoms with van der Waals surface area (Å²) in [5.74, 6) is -0.497. The summed E-state index contributed by atoms with van der Waals surface area (Å²) in [5, 5.41) is 9.56. The van der Waals surface area contributed by atoms with E-state index in [1.807, 2.05) is 49.4 Å². The number of ether oxygens (including phenoxy) is 1. The van der Waals surface area contributed by atoms with Gasteiger partial charge in [0.15, 0.2) is 0 Å². The summed E-state index contributed by atoms with van der Waals surface area (Å²) < 4.78 is 20.2. The highest BCUT2D eigenvalue weighted by atomic mass is 32.2. The number of amides is 2. The third-order valence-electron chi connectivity index (χ3n) is 6.80. The van der Waals surface area contributed by atoms with Gasteiger partial charge in [-0.25, -0.2) is 0 Å². The van der Waals surface area contributed by atoms with Crippen molar-refractivity contribution in [3.8, 4) is 0 Å². The van der Waals surface area contributed by atoms with E-state index in [1.54, 1.807) is 24.5 Å². The van der Waals surface area contributed by atoms with Crippen molar-refractivity contribution in [3.05, 3.63) is 94.0 Å². The number of nitrogens with one attached hydrogen (secondary N) is 2. The number of pyridine rings is 1. The first-order valence-corrected chi connectivity index (χ1v) is 13.8. The van der Waals surface area contributed by atoms with Gasteiger partial charge in [-0.05, 0) is 88.4 Å². The molecule has 2 amide bonds. The van der Waals surface area contributed by atoms with Crippen molar-refractivity contribution in [2.24, 2.45) is 0 Å². The van der Waals surface area contributed by atoms with Crippen LogP contribution in [0.3, 0.4) is 0 Å². The van der Waals surface area contributed by atoms with Gasteiger partial charge in [-0.3, -0.25) is 14.6 Å². The smallest absolute Gasteiger partial charge is 0.258 e. The van der Waals surface area contributed by atoms with E-state index in [0.29, 0.717) is 30.8 Å². The first kappa shape index (κ1) is 25.2. The van der Waals surface area contributed by atoms with E-state index in [9.17, 15) is 13.5 Å². The highest BCUT2D eigenvalue weighted by Crippen LogP contribution is 2.47. The van der Waals surface area contributed by atoms with Gasteiger partial charge in [-0.2, -0.15) is 3.89 Å². The summed E-state index contributed by atoms with van der Waals surface area (Å²) in [6.07, 6.45) is 7.31. The Morgan fingerprint density at radius 2 is 1.95 bits per heavy atom. The third kappa shape index (κ3) is 5.76. The Bertz CT molecular complexity index is 1380. The number of hydrogen-bond donors (Lipinski definition) is 3. The molecule has 0 radical (unpaired) electrons. The number of rotatable bonds is 7. The van der Waals surface area contributed by atoms with Gasteiger partial charge >= 0.3 is 0 Å². The van der Waals surface area contributed by atoms with E-state index in [2.05, 4.69) is 15.6 Å². The fraction of sp³-hybridized carbons (Fsp3) is 0.276. The maximum atomic E-state index is 14.9. The van der Waals surface area contributed by atoms with Crippen LogP contribution in [0.4, 0.5) is 3.89 Å². The van der Waals surface area contributed by atoms with Crippen LogP contribution >= 0.6 is 11.3 Å². The Hall–Kier alpha value is -3.49. The molecule has 0 bridgehead atoms. The van der Waals surface area contributed by atoms with Crippen LogP contribution < -0.4 is 10.6 Å². The highest BCUT2D eigenvalue weighted by molar-refractivity contribution is 8.19. The molecule has 5 rings (SSSR count). The van der Waals surface area contributed by atoms with Gasteiger partial charge in [-0.1, -0.05) is 31.2 Å². The number of fused-ring (bicyclic) bond motifs is 1. The number of thiol groups is 1. The van der Waals surface area contributed by atoms with Gasteiger partial charge in [0.2, 0.25) is 0 Å². The Morgan fingerprint density at radius 3 is 2.76 bits per heavy atom. The van der Waals surface area contributed by atoms with E-state index in [-0.39, 0.29) is 28.8 Å². The lowest BCUT2D eigenvalue weighted by atomic mass is 9.98. The molecule has 2 aliphatic heterocycles. The van der Waals surface area contributed by atoms with E-state index in [4.69, 9.17) is 4.74 Å². The van der Waals surface area contributed by atoms with Crippen LogP contribution in [-0.4, -0.2) is 36.1 Å². The van der Waals surface area contributed by atoms with Crippen molar-refractivity contribution in [1.29, 1.82) is 0 Å². The Balaban J connectivity index is 1.30. The fourth-order valence-corrected chi connectivity index (χ4v) is 5.81. The van der Waals surface area contributed by atoms with Crippen LogP contribution in [0.1, 0.15) is 53.7 Å². The molecule has 0 spiro atoms. The summed E-state index contributed by atoms with van der Waals surface area (Å²) in [6.45, 7) is 3.23. The predicted octanol–water partition coefficient (Wildman–Crippen LogP) is 5.54. The molecule has 2 atom stereocenters. The molecule has 3 aromatic rings. The number of hydrogen-bond acceptors (Lipinski definition) is 4. The maximum Gasteiger partial charge on any atom is 0.258 e. The number of nitrogens with zero attached hydrogens (tertiary/aromatic N) is 1. The molecule has 2 aromatic carbocycles. The number of carbonyl (C=O) groups is 2. The molecule has 1 saturated heterocycles. The van der Waals surface area contributed by atoms with E-state index in [1.165, 1.54) is 5.41 Å². The average molecular weight is 520 g/mol. The average Bonchev–Trinajstić information content (AvgIpc) is 3.33. The minimum Gasteiger partial charge on any atom is -0.381 e. The lowest BCUT2D eigenvalue weighted by Gasteiger charge is -2.23. The third-order valence-corrected chi connectivity index (χ3v) is 8.10. The number of halogens is 1. The van der Waals surface area contributed by atoms with Gasteiger partial charge in [0.1, 0.15) is 0 Å². The van der Waals surface area contributed by atoms with Gasteiger partial charge in [0, 0.05) is 42.6 Å².